The first-order chi connectivity index (χ1) is 8.15. The highest BCUT2D eigenvalue weighted by Crippen LogP contribution is 2.30. The van der Waals surface area contributed by atoms with Gasteiger partial charge < -0.3 is 10.6 Å². The van der Waals surface area contributed by atoms with Crippen LogP contribution in [0, 0.1) is 17.2 Å². The van der Waals surface area contributed by atoms with Crippen molar-refractivity contribution in [3.05, 3.63) is 23.8 Å². The van der Waals surface area contributed by atoms with Crippen LogP contribution in [0.1, 0.15) is 12.0 Å². The Hall–Kier alpha value is -1.67. The molecule has 0 saturated carbocycles. The van der Waals surface area contributed by atoms with Crippen LogP contribution in [-0.4, -0.2) is 18.2 Å². The molecule has 88 valence electrons. The number of rotatable bonds is 2. The first kappa shape index (κ1) is 11.8. The fourth-order valence-corrected chi connectivity index (χ4v) is 2.23. The molecule has 0 spiro atoms. The Morgan fingerprint density at radius 3 is 2.94 bits per heavy atom. The van der Waals surface area contributed by atoms with Gasteiger partial charge >= 0.3 is 0 Å². The molecule has 1 aliphatic rings. The van der Waals surface area contributed by atoms with Gasteiger partial charge in [-0.15, -0.1) is 0 Å². The van der Waals surface area contributed by atoms with Crippen LogP contribution < -0.4 is 10.6 Å². The van der Waals surface area contributed by atoms with Crippen LogP contribution in [0.15, 0.2) is 18.2 Å². The minimum atomic E-state index is 0.0471. The largest absolute Gasteiger partial charge is 0.397 e. The highest BCUT2D eigenvalue weighted by atomic mass is 32.1. The SMILES string of the molecule is N#Cc1ccc(N)c(N2CC(CS)CC2=O)c1. The number of nitrogens with two attached hydrogens (primary N) is 1. The molecular formula is C12H13N3OS. The number of nitrogens with zero attached hydrogens (tertiary/aromatic N) is 2. The Labute approximate surface area is 105 Å². The summed E-state index contributed by atoms with van der Waals surface area (Å²) in [5.74, 6) is 0.988. The second-order valence-electron chi connectivity index (χ2n) is 4.14. The van der Waals surface area contributed by atoms with Gasteiger partial charge in [0.1, 0.15) is 0 Å². The number of nitriles is 1. The molecular weight excluding hydrogens is 234 g/mol. The smallest absolute Gasteiger partial charge is 0.227 e. The van der Waals surface area contributed by atoms with Gasteiger partial charge in [-0.25, -0.2) is 0 Å². The second-order valence-corrected chi connectivity index (χ2v) is 4.51. The zero-order chi connectivity index (χ0) is 12.4. The molecule has 2 rings (SSSR count). The molecule has 0 aliphatic carbocycles. The van der Waals surface area contributed by atoms with E-state index in [0.29, 0.717) is 35.7 Å². The first-order valence-electron chi connectivity index (χ1n) is 5.36. The minimum absolute atomic E-state index is 0.0471. The van der Waals surface area contributed by atoms with Gasteiger partial charge in [-0.1, -0.05) is 0 Å². The van der Waals surface area contributed by atoms with Crippen LogP contribution in [0.5, 0.6) is 0 Å². The van der Waals surface area contributed by atoms with Gasteiger partial charge in [0.15, 0.2) is 0 Å². The standard InChI is InChI=1S/C12H13N3OS/c13-5-8-1-2-10(14)11(3-8)15-6-9(7-17)4-12(15)16/h1-3,9,17H,4,6-7,14H2. The average Bonchev–Trinajstić information content (AvgIpc) is 2.71. The summed E-state index contributed by atoms with van der Waals surface area (Å²) in [7, 11) is 0. The molecule has 17 heavy (non-hydrogen) atoms. The molecule has 0 bridgehead atoms. The van der Waals surface area contributed by atoms with Crippen molar-refractivity contribution < 1.29 is 4.79 Å². The summed E-state index contributed by atoms with van der Waals surface area (Å²) in [6.07, 6.45) is 0.500. The number of anilines is 2. The molecule has 0 radical (unpaired) electrons. The summed E-state index contributed by atoms with van der Waals surface area (Å²) in [6.45, 7) is 0.626. The number of carbonyl (C=O) groups excluding carboxylic acids is 1. The van der Waals surface area contributed by atoms with Crippen LogP contribution in [0.3, 0.4) is 0 Å². The van der Waals surface area contributed by atoms with E-state index in [-0.39, 0.29) is 11.8 Å². The predicted molar refractivity (Wildman–Crippen MR) is 69.9 cm³/mol. The van der Waals surface area contributed by atoms with Gasteiger partial charge in [-0.05, 0) is 29.9 Å². The van der Waals surface area contributed by atoms with Crippen LogP contribution in [0.2, 0.25) is 0 Å². The third-order valence-corrected chi connectivity index (χ3v) is 3.43. The number of hydrogen-bond donors (Lipinski definition) is 2. The zero-order valence-corrected chi connectivity index (χ0v) is 10.2. The van der Waals surface area contributed by atoms with Crippen LogP contribution >= 0.6 is 12.6 Å². The lowest BCUT2D eigenvalue weighted by molar-refractivity contribution is -0.117. The molecule has 1 saturated heterocycles. The number of carbonyl (C=O) groups is 1. The van der Waals surface area contributed by atoms with Crippen LogP contribution in [-0.2, 0) is 4.79 Å². The van der Waals surface area contributed by atoms with Crippen molar-refractivity contribution in [3.8, 4) is 6.07 Å². The third kappa shape index (κ3) is 2.22. The van der Waals surface area contributed by atoms with E-state index in [0.717, 1.165) is 0 Å². The molecule has 1 atom stereocenters. The Balaban J connectivity index is 2.34. The van der Waals surface area contributed by atoms with Gasteiger partial charge in [-0.2, -0.15) is 17.9 Å². The molecule has 0 aromatic heterocycles. The van der Waals surface area contributed by atoms with Crippen molar-refractivity contribution in [1.29, 1.82) is 5.26 Å². The minimum Gasteiger partial charge on any atom is -0.397 e. The number of hydrogen-bond acceptors (Lipinski definition) is 4. The van der Waals surface area contributed by atoms with Crippen LogP contribution in [0.25, 0.3) is 0 Å². The van der Waals surface area contributed by atoms with E-state index in [2.05, 4.69) is 12.6 Å². The van der Waals surface area contributed by atoms with E-state index in [1.807, 2.05) is 6.07 Å². The maximum absolute atomic E-state index is 11.8. The quantitative estimate of drug-likeness (QED) is 0.613. The van der Waals surface area contributed by atoms with E-state index in [9.17, 15) is 4.79 Å². The highest BCUT2D eigenvalue weighted by Gasteiger charge is 2.30. The van der Waals surface area contributed by atoms with Crippen molar-refractivity contribution in [1.82, 2.24) is 0 Å². The fourth-order valence-electron chi connectivity index (χ4n) is 1.98. The maximum atomic E-state index is 11.8. The van der Waals surface area contributed by atoms with Gasteiger partial charge in [0.05, 0.1) is 23.0 Å². The lowest BCUT2D eigenvalue weighted by Crippen LogP contribution is -2.25. The molecule has 1 amide bonds. The Kier molecular flexibility index (Phi) is 3.25. The normalized spacial score (nSPS) is 19.4. The monoisotopic (exact) mass is 247 g/mol. The molecule has 1 heterocycles. The van der Waals surface area contributed by atoms with Crippen molar-refractivity contribution in [2.24, 2.45) is 5.92 Å². The van der Waals surface area contributed by atoms with E-state index in [1.165, 1.54) is 0 Å². The maximum Gasteiger partial charge on any atom is 0.227 e. The highest BCUT2D eigenvalue weighted by molar-refractivity contribution is 7.80. The summed E-state index contributed by atoms with van der Waals surface area (Å²) >= 11 is 4.21. The third-order valence-electron chi connectivity index (χ3n) is 2.91. The lowest BCUT2D eigenvalue weighted by Gasteiger charge is -2.18. The van der Waals surface area contributed by atoms with Gasteiger partial charge in [0, 0.05) is 13.0 Å². The molecule has 1 aliphatic heterocycles. The van der Waals surface area contributed by atoms with Crippen LogP contribution in [0.4, 0.5) is 11.4 Å². The number of amides is 1. The van der Waals surface area contributed by atoms with Crippen molar-refractivity contribution in [3.63, 3.8) is 0 Å². The second kappa shape index (κ2) is 4.68. The number of nitrogen functional groups attached to an aromatic ring is 1. The summed E-state index contributed by atoms with van der Waals surface area (Å²) in [5.41, 5.74) is 7.52. The van der Waals surface area contributed by atoms with Crippen molar-refractivity contribution in [2.75, 3.05) is 22.9 Å². The van der Waals surface area contributed by atoms with Crippen molar-refractivity contribution >= 4 is 29.9 Å². The Morgan fingerprint density at radius 1 is 1.59 bits per heavy atom. The fraction of sp³-hybridized carbons (Fsp3) is 0.333. The summed E-state index contributed by atoms with van der Waals surface area (Å²) in [5, 5.41) is 8.85. The van der Waals surface area contributed by atoms with Gasteiger partial charge in [0.2, 0.25) is 5.91 Å². The summed E-state index contributed by atoms with van der Waals surface area (Å²) in [4.78, 5) is 13.5. The summed E-state index contributed by atoms with van der Waals surface area (Å²) < 4.78 is 0. The molecule has 1 unspecified atom stereocenters. The van der Waals surface area contributed by atoms with E-state index in [4.69, 9.17) is 11.0 Å². The molecule has 1 aromatic rings. The van der Waals surface area contributed by atoms with Gasteiger partial charge in [0.25, 0.3) is 0 Å². The van der Waals surface area contributed by atoms with E-state index >= 15 is 0 Å². The summed E-state index contributed by atoms with van der Waals surface area (Å²) in [6, 6.07) is 7.02. The Morgan fingerprint density at radius 2 is 2.35 bits per heavy atom. The topological polar surface area (TPSA) is 70.1 Å². The van der Waals surface area contributed by atoms with Gasteiger partial charge in [-0.3, -0.25) is 4.79 Å². The molecule has 5 heteroatoms. The number of benzene rings is 1. The molecule has 2 N–H and O–H groups in total. The Bertz CT molecular complexity index is 495. The average molecular weight is 247 g/mol. The van der Waals surface area contributed by atoms with E-state index < -0.39 is 0 Å². The zero-order valence-electron chi connectivity index (χ0n) is 9.26. The molecule has 1 aromatic carbocycles. The van der Waals surface area contributed by atoms with Crippen molar-refractivity contribution in [2.45, 2.75) is 6.42 Å². The molecule has 1 fully saturated rings. The number of thiol groups is 1. The predicted octanol–water partition coefficient (Wildman–Crippen LogP) is 1.42. The lowest BCUT2D eigenvalue weighted by atomic mass is 10.1. The van der Waals surface area contributed by atoms with E-state index in [1.54, 1.807) is 23.1 Å². The first-order valence-corrected chi connectivity index (χ1v) is 5.99. The molecule has 4 nitrogen and oxygen atoms in total.